The molecule has 0 amide bonds. The predicted molar refractivity (Wildman–Crippen MR) is 107 cm³/mol. The van der Waals surface area contributed by atoms with Crippen LogP contribution in [0.5, 0.6) is 5.88 Å². The van der Waals surface area contributed by atoms with Crippen LogP contribution in [0.15, 0.2) is 35.7 Å². The number of guanidine groups is 1. The molecule has 11 nitrogen and oxygen atoms in total. The molecule has 0 fully saturated rings. The number of fused-ring (bicyclic) bond motifs is 1. The van der Waals surface area contributed by atoms with Crippen LogP contribution in [0.25, 0.3) is 11.2 Å². The molecule has 3 heterocycles. The van der Waals surface area contributed by atoms with Gasteiger partial charge in [-0.1, -0.05) is 0 Å². The standard InChI is InChI=1S/C17H17FN8O3S/c1-26-17(19)24-12(7-30(26,27)28)10-5-9(3-4-11(10)18)23-15-14-16(22-8-21-15)25-13(29-2)6-20-14/h3-6,8,12H,7H2,1-2H3,(H2,19,24)(H,21,22,23,25). The van der Waals surface area contributed by atoms with Crippen LogP contribution in [0, 0.1) is 5.82 Å². The number of hydrogen-bond donors (Lipinski definition) is 2. The molecule has 1 unspecified atom stereocenters. The van der Waals surface area contributed by atoms with E-state index in [4.69, 9.17) is 10.5 Å². The molecular weight excluding hydrogens is 415 g/mol. The first-order valence-corrected chi connectivity index (χ1v) is 10.3. The highest BCUT2D eigenvalue weighted by Crippen LogP contribution is 2.30. The number of hydrogen-bond acceptors (Lipinski definition) is 10. The van der Waals surface area contributed by atoms with Gasteiger partial charge in [-0.05, 0) is 18.2 Å². The van der Waals surface area contributed by atoms with E-state index in [1.165, 1.54) is 44.9 Å². The molecule has 30 heavy (non-hydrogen) atoms. The molecule has 3 N–H and O–H groups in total. The highest BCUT2D eigenvalue weighted by atomic mass is 32.2. The summed E-state index contributed by atoms with van der Waals surface area (Å²) in [6.07, 6.45) is 2.73. The molecule has 4 rings (SSSR count). The van der Waals surface area contributed by atoms with Crippen molar-refractivity contribution in [2.45, 2.75) is 6.04 Å². The van der Waals surface area contributed by atoms with E-state index >= 15 is 0 Å². The number of anilines is 2. The van der Waals surface area contributed by atoms with Gasteiger partial charge in [-0.2, -0.15) is 4.98 Å². The minimum atomic E-state index is -3.69. The van der Waals surface area contributed by atoms with Gasteiger partial charge in [-0.25, -0.2) is 37.1 Å². The van der Waals surface area contributed by atoms with E-state index in [9.17, 15) is 12.8 Å². The molecule has 13 heteroatoms. The van der Waals surface area contributed by atoms with Crippen molar-refractivity contribution in [2.75, 3.05) is 25.2 Å². The molecule has 0 radical (unpaired) electrons. The van der Waals surface area contributed by atoms with Gasteiger partial charge < -0.3 is 15.8 Å². The van der Waals surface area contributed by atoms with Crippen molar-refractivity contribution in [3.05, 3.63) is 42.1 Å². The lowest BCUT2D eigenvalue weighted by Crippen LogP contribution is -2.45. The third kappa shape index (κ3) is 3.54. The van der Waals surface area contributed by atoms with Crippen molar-refractivity contribution >= 4 is 38.7 Å². The zero-order chi connectivity index (χ0) is 21.5. The molecule has 0 saturated heterocycles. The van der Waals surface area contributed by atoms with E-state index < -0.39 is 27.6 Å². The topological polar surface area (TPSA) is 149 Å². The summed E-state index contributed by atoms with van der Waals surface area (Å²) in [6.45, 7) is 0. The fourth-order valence-electron chi connectivity index (χ4n) is 2.92. The molecular formula is C17H17FN8O3S. The Balaban J connectivity index is 1.71. The quantitative estimate of drug-likeness (QED) is 0.614. The Labute approximate surface area is 170 Å². The van der Waals surface area contributed by atoms with E-state index in [0.29, 0.717) is 28.5 Å². The Morgan fingerprint density at radius 2 is 2.10 bits per heavy atom. The van der Waals surface area contributed by atoms with Crippen LogP contribution < -0.4 is 15.8 Å². The molecule has 3 aromatic rings. The average Bonchev–Trinajstić information content (AvgIpc) is 2.72. The summed E-state index contributed by atoms with van der Waals surface area (Å²) >= 11 is 0. The van der Waals surface area contributed by atoms with E-state index in [0.717, 1.165) is 4.31 Å². The van der Waals surface area contributed by atoms with E-state index in [1.54, 1.807) is 0 Å². The lowest BCUT2D eigenvalue weighted by Gasteiger charge is -2.27. The van der Waals surface area contributed by atoms with Gasteiger partial charge in [0.05, 0.1) is 25.1 Å². The summed E-state index contributed by atoms with van der Waals surface area (Å²) in [5, 5.41) is 3.03. The largest absolute Gasteiger partial charge is 0.480 e. The molecule has 1 aliphatic rings. The van der Waals surface area contributed by atoms with Crippen molar-refractivity contribution in [3.8, 4) is 5.88 Å². The summed E-state index contributed by atoms with van der Waals surface area (Å²) in [7, 11) is -0.925. The minimum Gasteiger partial charge on any atom is -0.480 e. The van der Waals surface area contributed by atoms with Crippen LogP contribution in [0.3, 0.4) is 0 Å². The summed E-state index contributed by atoms with van der Waals surface area (Å²) < 4.78 is 44.9. The summed E-state index contributed by atoms with van der Waals surface area (Å²) in [4.78, 5) is 20.8. The molecule has 0 bridgehead atoms. The number of nitrogens with one attached hydrogen (secondary N) is 1. The van der Waals surface area contributed by atoms with Gasteiger partial charge in [0.1, 0.15) is 12.1 Å². The van der Waals surface area contributed by atoms with Crippen LogP contribution in [-0.4, -0.2) is 58.5 Å². The number of nitrogens with zero attached hydrogens (tertiary/aromatic N) is 6. The zero-order valence-electron chi connectivity index (χ0n) is 15.9. The minimum absolute atomic E-state index is 0.0886. The number of aliphatic imine (C=N–C) groups is 1. The number of aromatic nitrogens is 4. The Morgan fingerprint density at radius 3 is 2.83 bits per heavy atom. The third-order valence-corrected chi connectivity index (χ3v) is 6.31. The molecule has 0 spiro atoms. The fourth-order valence-corrected chi connectivity index (χ4v) is 4.13. The lowest BCUT2D eigenvalue weighted by molar-refractivity contribution is 0.397. The van der Waals surface area contributed by atoms with Gasteiger partial charge in [0.15, 0.2) is 17.0 Å². The summed E-state index contributed by atoms with van der Waals surface area (Å²) in [6, 6.07) is 3.19. The second-order valence-electron chi connectivity index (χ2n) is 6.42. The number of ether oxygens (including phenoxy) is 1. The number of nitrogens with two attached hydrogens (primary N) is 1. The second kappa shape index (κ2) is 7.33. The van der Waals surface area contributed by atoms with Crippen molar-refractivity contribution in [3.63, 3.8) is 0 Å². The molecule has 156 valence electrons. The van der Waals surface area contributed by atoms with Crippen LogP contribution in [0.1, 0.15) is 11.6 Å². The van der Waals surface area contributed by atoms with Gasteiger partial charge in [-0.15, -0.1) is 0 Å². The summed E-state index contributed by atoms with van der Waals surface area (Å²) in [5.74, 6) is -0.553. The van der Waals surface area contributed by atoms with E-state index in [-0.39, 0.29) is 11.5 Å². The summed E-state index contributed by atoms with van der Waals surface area (Å²) in [5.41, 5.74) is 6.93. The van der Waals surface area contributed by atoms with Crippen molar-refractivity contribution < 1.29 is 17.5 Å². The molecule has 1 aliphatic heterocycles. The van der Waals surface area contributed by atoms with E-state index in [1.807, 2.05) is 0 Å². The maximum absolute atomic E-state index is 14.5. The highest BCUT2D eigenvalue weighted by Gasteiger charge is 2.32. The van der Waals surface area contributed by atoms with Crippen molar-refractivity contribution in [2.24, 2.45) is 10.7 Å². The van der Waals surface area contributed by atoms with Gasteiger partial charge in [0, 0.05) is 18.3 Å². The monoisotopic (exact) mass is 432 g/mol. The van der Waals surface area contributed by atoms with Crippen LogP contribution in [0.4, 0.5) is 15.9 Å². The first kappa shape index (κ1) is 19.7. The SMILES string of the molecule is COc1cnc2c(Nc3ccc(F)c(C4CS(=O)(=O)N(C)C(N)=N4)c3)ncnc2n1. The third-order valence-electron chi connectivity index (χ3n) is 4.55. The molecule has 1 aromatic carbocycles. The number of sulfonamides is 1. The smallest absolute Gasteiger partial charge is 0.239 e. The van der Waals surface area contributed by atoms with E-state index in [2.05, 4.69) is 30.2 Å². The highest BCUT2D eigenvalue weighted by molar-refractivity contribution is 7.89. The fraction of sp³-hybridized carbons (Fsp3) is 0.235. The van der Waals surface area contributed by atoms with Crippen molar-refractivity contribution in [1.82, 2.24) is 24.2 Å². The molecule has 2 aromatic heterocycles. The second-order valence-corrected chi connectivity index (χ2v) is 8.46. The maximum atomic E-state index is 14.5. The van der Waals surface area contributed by atoms with Gasteiger partial charge in [0.2, 0.25) is 21.9 Å². The van der Waals surface area contributed by atoms with Gasteiger partial charge in [-0.3, -0.25) is 0 Å². The molecule has 0 aliphatic carbocycles. The first-order valence-electron chi connectivity index (χ1n) is 8.66. The number of halogens is 1. The first-order chi connectivity index (χ1) is 14.3. The zero-order valence-corrected chi connectivity index (χ0v) is 16.8. The van der Waals surface area contributed by atoms with Crippen molar-refractivity contribution in [1.29, 1.82) is 0 Å². The average molecular weight is 432 g/mol. The normalized spacial score (nSPS) is 18.2. The number of methoxy groups -OCH3 is 1. The number of rotatable bonds is 4. The molecule has 1 atom stereocenters. The number of benzene rings is 1. The Kier molecular flexibility index (Phi) is 4.81. The van der Waals surface area contributed by atoms with Gasteiger partial charge >= 0.3 is 0 Å². The Morgan fingerprint density at radius 1 is 1.30 bits per heavy atom. The maximum Gasteiger partial charge on any atom is 0.239 e. The molecule has 0 saturated carbocycles. The Bertz CT molecular complexity index is 1270. The predicted octanol–water partition coefficient (Wildman–Crippen LogP) is 0.942. The van der Waals surface area contributed by atoms with Crippen LogP contribution in [0.2, 0.25) is 0 Å². The van der Waals surface area contributed by atoms with Crippen LogP contribution in [-0.2, 0) is 10.0 Å². The lowest BCUT2D eigenvalue weighted by atomic mass is 10.1. The van der Waals surface area contributed by atoms with Gasteiger partial charge in [0.25, 0.3) is 0 Å². The Hall–Kier alpha value is -3.61. The van der Waals surface area contributed by atoms with Crippen LogP contribution >= 0.6 is 0 Å².